The fraction of sp³-hybridized carbons (Fsp3) is 0.235. The molecule has 0 aromatic heterocycles. The monoisotopic (exact) mass is 382 g/mol. The highest BCUT2D eigenvalue weighted by Gasteiger charge is 2.22. The minimum absolute atomic E-state index is 0.104. The molecule has 0 radical (unpaired) electrons. The van der Waals surface area contributed by atoms with Crippen molar-refractivity contribution in [2.24, 2.45) is 0 Å². The average molecular weight is 383 g/mol. The first-order valence-electron chi connectivity index (χ1n) is 7.38. The summed E-state index contributed by atoms with van der Waals surface area (Å²) in [5.74, 6) is 1.52. The molecule has 0 saturated carbocycles. The fourth-order valence-electron chi connectivity index (χ4n) is 2.39. The molecule has 0 amide bonds. The van der Waals surface area contributed by atoms with Crippen molar-refractivity contribution < 1.29 is 9.47 Å². The summed E-state index contributed by atoms with van der Waals surface area (Å²) in [6.45, 7) is 1.07. The van der Waals surface area contributed by atoms with Crippen LogP contribution < -0.4 is 14.8 Å². The van der Waals surface area contributed by atoms with Gasteiger partial charge in [0.15, 0.2) is 22.7 Å². The van der Waals surface area contributed by atoms with E-state index in [1.54, 1.807) is 18.2 Å². The number of para-hydroxylation sites is 2. The van der Waals surface area contributed by atoms with Crippen LogP contribution in [0.4, 0.5) is 5.69 Å². The number of nitrogens with zero attached hydrogens (tertiary/aromatic N) is 1. The Morgan fingerprint density at radius 2 is 1.88 bits per heavy atom. The number of halogens is 2. The second-order valence-corrected chi connectivity index (χ2v) is 6.73. The number of anilines is 1. The van der Waals surface area contributed by atoms with Crippen LogP contribution in [0.15, 0.2) is 42.5 Å². The Hall–Kier alpha value is -1.69. The maximum absolute atomic E-state index is 6.00. The number of nitrogens with one attached hydrogen (secondary N) is 1. The van der Waals surface area contributed by atoms with Gasteiger partial charge >= 0.3 is 0 Å². The van der Waals surface area contributed by atoms with Crippen molar-refractivity contribution in [1.29, 1.82) is 0 Å². The second-order valence-electron chi connectivity index (χ2n) is 5.47. The zero-order chi connectivity index (χ0) is 17.1. The van der Waals surface area contributed by atoms with Crippen LogP contribution in [0.3, 0.4) is 0 Å². The predicted octanol–water partition coefficient (Wildman–Crippen LogP) is 4.46. The molecule has 1 N–H and O–H groups in total. The van der Waals surface area contributed by atoms with Gasteiger partial charge in [0.1, 0.15) is 6.61 Å². The molecule has 1 aliphatic rings. The molecule has 1 atom stereocenters. The quantitative estimate of drug-likeness (QED) is 0.792. The van der Waals surface area contributed by atoms with E-state index in [0.717, 1.165) is 17.2 Å². The van der Waals surface area contributed by atoms with E-state index < -0.39 is 0 Å². The molecule has 0 aliphatic carbocycles. The fourth-order valence-corrected chi connectivity index (χ4v) is 3.10. The van der Waals surface area contributed by atoms with Gasteiger partial charge < -0.3 is 19.7 Å². The first-order chi connectivity index (χ1) is 11.5. The van der Waals surface area contributed by atoms with E-state index in [0.29, 0.717) is 28.3 Å². The molecule has 2 aromatic carbocycles. The van der Waals surface area contributed by atoms with Crippen LogP contribution in [0, 0.1) is 0 Å². The minimum atomic E-state index is -0.104. The van der Waals surface area contributed by atoms with Crippen molar-refractivity contribution in [1.82, 2.24) is 4.90 Å². The minimum Gasteiger partial charge on any atom is -0.486 e. The molecule has 0 unspecified atom stereocenters. The number of thiocarbonyl (C=S) groups is 1. The van der Waals surface area contributed by atoms with E-state index in [1.165, 1.54) is 0 Å². The lowest BCUT2D eigenvalue weighted by Gasteiger charge is -2.30. The highest BCUT2D eigenvalue weighted by atomic mass is 35.5. The van der Waals surface area contributed by atoms with E-state index in [9.17, 15) is 0 Å². The molecule has 1 heterocycles. The molecule has 4 nitrogen and oxygen atoms in total. The van der Waals surface area contributed by atoms with Crippen molar-refractivity contribution >= 4 is 46.2 Å². The van der Waals surface area contributed by atoms with E-state index in [1.807, 2.05) is 36.2 Å². The second kappa shape index (κ2) is 7.47. The normalized spacial score (nSPS) is 15.7. The van der Waals surface area contributed by atoms with Gasteiger partial charge in [-0.25, -0.2) is 0 Å². The van der Waals surface area contributed by atoms with Crippen molar-refractivity contribution in [2.45, 2.75) is 6.10 Å². The molecule has 7 heteroatoms. The number of ether oxygens (including phenoxy) is 2. The summed E-state index contributed by atoms with van der Waals surface area (Å²) in [6, 6.07) is 12.8. The lowest BCUT2D eigenvalue weighted by Crippen LogP contribution is -2.43. The van der Waals surface area contributed by atoms with Gasteiger partial charge in [-0.15, -0.1) is 0 Å². The van der Waals surface area contributed by atoms with Crippen LogP contribution >= 0.6 is 35.4 Å². The Kier molecular flexibility index (Phi) is 5.33. The smallest absolute Gasteiger partial charge is 0.173 e. The number of hydrogen-bond acceptors (Lipinski definition) is 3. The zero-order valence-electron chi connectivity index (χ0n) is 13.0. The third kappa shape index (κ3) is 4.23. The summed E-state index contributed by atoms with van der Waals surface area (Å²) in [4.78, 5) is 1.89. The molecule has 0 fully saturated rings. The Bertz CT molecular complexity index is 737. The van der Waals surface area contributed by atoms with Crippen LogP contribution in [0.2, 0.25) is 10.0 Å². The van der Waals surface area contributed by atoms with Gasteiger partial charge in [-0.1, -0.05) is 35.3 Å². The molecule has 3 rings (SSSR count). The van der Waals surface area contributed by atoms with Gasteiger partial charge in [-0.05, 0) is 42.5 Å². The maximum Gasteiger partial charge on any atom is 0.173 e. The van der Waals surface area contributed by atoms with Crippen LogP contribution in [0.25, 0.3) is 0 Å². The van der Waals surface area contributed by atoms with Crippen LogP contribution in [-0.2, 0) is 0 Å². The Morgan fingerprint density at radius 1 is 1.21 bits per heavy atom. The number of rotatable bonds is 3. The van der Waals surface area contributed by atoms with E-state index in [2.05, 4.69) is 5.32 Å². The number of hydrogen-bond donors (Lipinski definition) is 1. The zero-order valence-corrected chi connectivity index (χ0v) is 15.3. The topological polar surface area (TPSA) is 33.7 Å². The highest BCUT2D eigenvalue weighted by molar-refractivity contribution is 7.80. The Balaban J connectivity index is 1.59. The molecule has 0 saturated heterocycles. The van der Waals surface area contributed by atoms with Gasteiger partial charge in [-0.3, -0.25) is 0 Å². The van der Waals surface area contributed by atoms with Gasteiger partial charge in [0.05, 0.1) is 6.54 Å². The van der Waals surface area contributed by atoms with E-state index in [-0.39, 0.29) is 6.10 Å². The first-order valence-corrected chi connectivity index (χ1v) is 8.54. The molecule has 0 bridgehead atoms. The van der Waals surface area contributed by atoms with Crippen molar-refractivity contribution in [3.05, 3.63) is 52.5 Å². The van der Waals surface area contributed by atoms with Crippen molar-refractivity contribution in [2.75, 3.05) is 25.5 Å². The molecule has 0 spiro atoms. The van der Waals surface area contributed by atoms with Gasteiger partial charge in [-0.2, -0.15) is 0 Å². The number of benzene rings is 2. The molecule has 2 aromatic rings. The maximum atomic E-state index is 6.00. The average Bonchev–Trinajstić information content (AvgIpc) is 2.53. The van der Waals surface area contributed by atoms with Gasteiger partial charge in [0.25, 0.3) is 0 Å². The van der Waals surface area contributed by atoms with Crippen LogP contribution in [0.5, 0.6) is 11.5 Å². The van der Waals surface area contributed by atoms with Crippen LogP contribution in [0.1, 0.15) is 0 Å². The van der Waals surface area contributed by atoms with Gasteiger partial charge in [0, 0.05) is 22.8 Å². The van der Waals surface area contributed by atoms with Crippen LogP contribution in [-0.4, -0.2) is 36.3 Å². The lowest BCUT2D eigenvalue weighted by atomic mass is 10.2. The molecular formula is C17H16Cl2N2O2S. The third-order valence-electron chi connectivity index (χ3n) is 3.51. The number of likely N-dealkylation sites (N-methyl/N-ethyl adjacent to an activating group) is 1. The molecule has 24 heavy (non-hydrogen) atoms. The Morgan fingerprint density at radius 3 is 2.58 bits per heavy atom. The Labute approximate surface area is 156 Å². The highest BCUT2D eigenvalue weighted by Crippen LogP contribution is 2.31. The SMILES string of the molecule is CN(C[C@H]1COc2ccccc2O1)C(=S)Nc1cc(Cl)cc(Cl)c1. The summed E-state index contributed by atoms with van der Waals surface area (Å²) in [7, 11) is 1.89. The molecule has 1 aliphatic heterocycles. The molecule has 126 valence electrons. The summed E-state index contributed by atoms with van der Waals surface area (Å²) in [5.41, 5.74) is 0.746. The van der Waals surface area contributed by atoms with Crippen molar-refractivity contribution in [3.8, 4) is 11.5 Å². The standard InChI is InChI=1S/C17H16Cl2N2O2S/c1-21(17(24)20-13-7-11(18)6-12(19)8-13)9-14-10-22-15-4-2-3-5-16(15)23-14/h2-8,14H,9-10H2,1H3,(H,20,24)/t14-/m0/s1. The van der Waals surface area contributed by atoms with Crippen molar-refractivity contribution in [3.63, 3.8) is 0 Å². The number of fused-ring (bicyclic) bond motifs is 1. The molecular weight excluding hydrogens is 367 g/mol. The van der Waals surface area contributed by atoms with E-state index in [4.69, 9.17) is 44.9 Å². The summed E-state index contributed by atoms with van der Waals surface area (Å²) < 4.78 is 11.7. The van der Waals surface area contributed by atoms with E-state index >= 15 is 0 Å². The lowest BCUT2D eigenvalue weighted by molar-refractivity contribution is 0.0784. The predicted molar refractivity (Wildman–Crippen MR) is 102 cm³/mol. The summed E-state index contributed by atoms with van der Waals surface area (Å²) in [5, 5.41) is 4.78. The summed E-state index contributed by atoms with van der Waals surface area (Å²) >= 11 is 17.4. The summed E-state index contributed by atoms with van der Waals surface area (Å²) in [6.07, 6.45) is -0.104. The third-order valence-corrected chi connectivity index (χ3v) is 4.36. The van der Waals surface area contributed by atoms with Gasteiger partial charge in [0.2, 0.25) is 0 Å². The first kappa shape index (κ1) is 17.1. The largest absolute Gasteiger partial charge is 0.486 e.